The molecule has 0 radical (unpaired) electrons. The van der Waals surface area contributed by atoms with Crippen LogP contribution in [0, 0.1) is 0 Å². The van der Waals surface area contributed by atoms with E-state index in [0.717, 1.165) is 29.3 Å². The van der Waals surface area contributed by atoms with E-state index in [1.807, 2.05) is 12.1 Å². The van der Waals surface area contributed by atoms with Gasteiger partial charge in [-0.15, -0.1) is 0 Å². The molecule has 0 aromatic heterocycles. The Hall–Kier alpha value is -2.03. The normalized spacial score (nSPS) is 11.6. The molecule has 3 nitrogen and oxygen atoms in total. The van der Waals surface area contributed by atoms with E-state index in [1.165, 1.54) is 57.8 Å². The summed E-state index contributed by atoms with van der Waals surface area (Å²) in [5.74, 6) is 0.464. The summed E-state index contributed by atoms with van der Waals surface area (Å²) < 4.78 is 0. The van der Waals surface area contributed by atoms with Gasteiger partial charge in [-0.2, -0.15) is 0 Å². The molecule has 2 aromatic carbocycles. The van der Waals surface area contributed by atoms with Crippen LogP contribution in [0.2, 0.25) is 0 Å². The Bertz CT molecular complexity index is 694. The minimum absolute atomic E-state index is 0.231. The Morgan fingerprint density at radius 3 is 2.15 bits per heavy atom. The first-order chi connectivity index (χ1) is 12.7. The number of phenolic OH excluding ortho intramolecular Hbond substituents is 2. The molecule has 0 atom stereocenters. The summed E-state index contributed by atoms with van der Waals surface area (Å²) >= 11 is 0. The SMILES string of the molecule is CCCCCCCCCCCCN=Cc1c(O)ccc2cc(O)ccc12. The second-order valence-electron chi connectivity index (χ2n) is 7.12. The first-order valence-corrected chi connectivity index (χ1v) is 10.2. The molecule has 0 amide bonds. The van der Waals surface area contributed by atoms with Gasteiger partial charge in [0, 0.05) is 18.3 Å². The van der Waals surface area contributed by atoms with Crippen molar-refractivity contribution in [1.29, 1.82) is 0 Å². The number of hydrogen-bond donors (Lipinski definition) is 2. The molecule has 26 heavy (non-hydrogen) atoms. The fraction of sp³-hybridized carbons (Fsp3) is 0.522. The van der Waals surface area contributed by atoms with E-state index < -0.39 is 0 Å². The highest BCUT2D eigenvalue weighted by atomic mass is 16.3. The molecule has 142 valence electrons. The molecular formula is C23H33NO2. The summed E-state index contributed by atoms with van der Waals surface area (Å²) in [5, 5.41) is 21.5. The molecule has 0 aliphatic carbocycles. The first kappa shape index (κ1) is 20.3. The molecule has 0 bridgehead atoms. The highest BCUT2D eigenvalue weighted by molar-refractivity contribution is 6.02. The Labute approximate surface area is 157 Å². The van der Waals surface area contributed by atoms with Crippen molar-refractivity contribution in [3.8, 4) is 11.5 Å². The summed E-state index contributed by atoms with van der Waals surface area (Å²) in [4.78, 5) is 4.50. The molecule has 2 aromatic rings. The van der Waals surface area contributed by atoms with Crippen LogP contribution in [0.15, 0.2) is 35.3 Å². The molecule has 0 aliphatic heterocycles. The van der Waals surface area contributed by atoms with Crippen LogP contribution in [-0.2, 0) is 0 Å². The number of phenols is 2. The van der Waals surface area contributed by atoms with Crippen molar-refractivity contribution in [2.24, 2.45) is 4.99 Å². The zero-order chi connectivity index (χ0) is 18.6. The van der Waals surface area contributed by atoms with Gasteiger partial charge in [0.1, 0.15) is 11.5 Å². The average Bonchev–Trinajstić information content (AvgIpc) is 2.64. The molecule has 0 heterocycles. The second-order valence-corrected chi connectivity index (χ2v) is 7.12. The van der Waals surface area contributed by atoms with Gasteiger partial charge >= 0.3 is 0 Å². The van der Waals surface area contributed by atoms with Crippen LogP contribution >= 0.6 is 0 Å². The average molecular weight is 356 g/mol. The third kappa shape index (κ3) is 6.70. The van der Waals surface area contributed by atoms with Crippen LogP contribution in [0.1, 0.15) is 76.7 Å². The van der Waals surface area contributed by atoms with Crippen LogP contribution in [0.25, 0.3) is 10.8 Å². The van der Waals surface area contributed by atoms with Crippen LogP contribution in [0.5, 0.6) is 11.5 Å². The monoisotopic (exact) mass is 355 g/mol. The zero-order valence-electron chi connectivity index (χ0n) is 16.1. The van der Waals surface area contributed by atoms with Crippen LogP contribution in [-0.4, -0.2) is 23.0 Å². The molecule has 2 rings (SSSR count). The predicted octanol–water partition coefficient (Wildman–Crippen LogP) is 6.59. The van der Waals surface area contributed by atoms with Gasteiger partial charge in [0.25, 0.3) is 0 Å². The molecule has 0 fully saturated rings. The highest BCUT2D eigenvalue weighted by Gasteiger charge is 2.05. The van der Waals surface area contributed by atoms with Gasteiger partial charge in [0.15, 0.2) is 0 Å². The van der Waals surface area contributed by atoms with E-state index in [4.69, 9.17) is 0 Å². The highest BCUT2D eigenvalue weighted by Crippen LogP contribution is 2.28. The van der Waals surface area contributed by atoms with Crippen LogP contribution in [0.3, 0.4) is 0 Å². The summed E-state index contributed by atoms with van der Waals surface area (Å²) in [6.07, 6.45) is 15.0. The maximum absolute atomic E-state index is 10.1. The number of nitrogens with zero attached hydrogens (tertiary/aromatic N) is 1. The lowest BCUT2D eigenvalue weighted by Crippen LogP contribution is -1.89. The van der Waals surface area contributed by atoms with Gasteiger partial charge in [-0.25, -0.2) is 0 Å². The Morgan fingerprint density at radius 1 is 0.808 bits per heavy atom. The third-order valence-electron chi connectivity index (χ3n) is 4.88. The molecule has 0 saturated carbocycles. The van der Waals surface area contributed by atoms with E-state index in [0.29, 0.717) is 0 Å². The molecule has 0 spiro atoms. The lowest BCUT2D eigenvalue weighted by atomic mass is 10.0. The summed E-state index contributed by atoms with van der Waals surface area (Å²) in [5.41, 5.74) is 0.731. The number of aliphatic imine (C=N–C) groups is 1. The first-order valence-electron chi connectivity index (χ1n) is 10.2. The lowest BCUT2D eigenvalue weighted by Gasteiger charge is -2.05. The molecule has 0 aliphatic rings. The van der Waals surface area contributed by atoms with Crippen molar-refractivity contribution in [2.75, 3.05) is 6.54 Å². The van der Waals surface area contributed by atoms with Crippen molar-refractivity contribution in [1.82, 2.24) is 0 Å². The van der Waals surface area contributed by atoms with Gasteiger partial charge in [0.05, 0.1) is 0 Å². The van der Waals surface area contributed by atoms with Crippen LogP contribution in [0.4, 0.5) is 0 Å². The minimum atomic E-state index is 0.231. The molecule has 0 saturated heterocycles. The van der Waals surface area contributed by atoms with Crippen molar-refractivity contribution >= 4 is 17.0 Å². The van der Waals surface area contributed by atoms with Gasteiger partial charge < -0.3 is 10.2 Å². The Morgan fingerprint density at radius 2 is 1.46 bits per heavy atom. The van der Waals surface area contributed by atoms with E-state index in [2.05, 4.69) is 11.9 Å². The molecule has 0 unspecified atom stereocenters. The van der Waals surface area contributed by atoms with Crippen molar-refractivity contribution < 1.29 is 10.2 Å². The van der Waals surface area contributed by atoms with E-state index in [1.54, 1.807) is 24.4 Å². The number of hydrogen-bond acceptors (Lipinski definition) is 3. The number of unbranched alkanes of at least 4 members (excludes halogenated alkanes) is 9. The fourth-order valence-corrected chi connectivity index (χ4v) is 3.31. The second kappa shape index (κ2) is 11.6. The van der Waals surface area contributed by atoms with Gasteiger partial charge in [-0.3, -0.25) is 4.99 Å². The molecular weight excluding hydrogens is 322 g/mol. The minimum Gasteiger partial charge on any atom is -0.508 e. The summed E-state index contributed by atoms with van der Waals surface area (Å²) in [6.45, 7) is 3.05. The van der Waals surface area contributed by atoms with Crippen LogP contribution < -0.4 is 0 Å². The number of aromatic hydroxyl groups is 2. The zero-order valence-corrected chi connectivity index (χ0v) is 16.1. The Kier molecular flexibility index (Phi) is 9.02. The van der Waals surface area contributed by atoms with E-state index in [-0.39, 0.29) is 11.5 Å². The van der Waals surface area contributed by atoms with Gasteiger partial charge in [-0.05, 0) is 41.5 Å². The largest absolute Gasteiger partial charge is 0.508 e. The third-order valence-corrected chi connectivity index (χ3v) is 4.88. The number of benzene rings is 2. The van der Waals surface area contributed by atoms with Gasteiger partial charge in [-0.1, -0.05) is 70.8 Å². The lowest BCUT2D eigenvalue weighted by molar-refractivity contribution is 0.473. The Balaban J connectivity index is 1.68. The molecule has 2 N–H and O–H groups in total. The maximum Gasteiger partial charge on any atom is 0.124 e. The fourth-order valence-electron chi connectivity index (χ4n) is 3.31. The van der Waals surface area contributed by atoms with E-state index >= 15 is 0 Å². The van der Waals surface area contributed by atoms with Gasteiger partial charge in [0.2, 0.25) is 0 Å². The van der Waals surface area contributed by atoms with Crippen molar-refractivity contribution in [2.45, 2.75) is 71.1 Å². The van der Waals surface area contributed by atoms with Crippen molar-refractivity contribution in [3.05, 3.63) is 35.9 Å². The quantitative estimate of drug-likeness (QED) is 0.333. The van der Waals surface area contributed by atoms with E-state index in [9.17, 15) is 10.2 Å². The molecule has 3 heteroatoms. The predicted molar refractivity (Wildman–Crippen MR) is 112 cm³/mol. The van der Waals surface area contributed by atoms with Crippen molar-refractivity contribution in [3.63, 3.8) is 0 Å². The summed E-state index contributed by atoms with van der Waals surface area (Å²) in [7, 11) is 0. The standard InChI is InChI=1S/C23H33NO2/c1-2-3-4-5-6-7-8-9-10-11-16-24-18-22-21-14-13-20(25)17-19(21)12-15-23(22)26/h12-15,17-18,25-26H,2-11,16H2,1H3. The topological polar surface area (TPSA) is 52.8 Å². The smallest absolute Gasteiger partial charge is 0.124 e. The summed E-state index contributed by atoms with van der Waals surface area (Å²) in [6, 6.07) is 8.63. The number of rotatable bonds is 12. The number of fused-ring (bicyclic) bond motifs is 1. The maximum atomic E-state index is 10.1.